The minimum Gasteiger partial charge on any atom is -0.481 e. The number of likely N-dealkylation sites (tertiary alicyclic amines) is 1. The maximum atomic E-state index is 12.7. The SMILES string of the molecule is O=C(O)CC1(CC(=O)N2CCC(c3cccc4ccccc34)C2)CC1. The Labute approximate surface area is 147 Å². The Hall–Kier alpha value is -2.36. The summed E-state index contributed by atoms with van der Waals surface area (Å²) in [5.41, 5.74) is 1.06. The molecule has 2 aliphatic rings. The zero-order valence-corrected chi connectivity index (χ0v) is 14.3. The summed E-state index contributed by atoms with van der Waals surface area (Å²) in [6.07, 6.45) is 3.23. The van der Waals surface area contributed by atoms with Gasteiger partial charge in [0.05, 0.1) is 6.42 Å². The van der Waals surface area contributed by atoms with Crippen LogP contribution in [0.2, 0.25) is 0 Å². The van der Waals surface area contributed by atoms with Crippen molar-refractivity contribution in [1.82, 2.24) is 4.90 Å². The quantitative estimate of drug-likeness (QED) is 0.903. The number of fused-ring (bicyclic) bond motifs is 1. The van der Waals surface area contributed by atoms with Gasteiger partial charge in [0, 0.05) is 25.4 Å². The van der Waals surface area contributed by atoms with Crippen molar-refractivity contribution in [2.75, 3.05) is 13.1 Å². The first kappa shape index (κ1) is 16.1. The fourth-order valence-electron chi connectivity index (χ4n) is 4.19. The van der Waals surface area contributed by atoms with Crippen molar-refractivity contribution in [3.8, 4) is 0 Å². The van der Waals surface area contributed by atoms with Crippen molar-refractivity contribution in [1.29, 1.82) is 0 Å². The number of rotatable bonds is 5. The fraction of sp³-hybridized carbons (Fsp3) is 0.429. The summed E-state index contributed by atoms with van der Waals surface area (Å²) in [7, 11) is 0. The van der Waals surface area contributed by atoms with Crippen molar-refractivity contribution < 1.29 is 14.7 Å². The normalized spacial score (nSPS) is 21.4. The average Bonchev–Trinajstić information content (AvgIpc) is 3.15. The number of carbonyl (C=O) groups excluding carboxylic acids is 1. The molecule has 1 saturated carbocycles. The Morgan fingerprint density at radius 2 is 1.84 bits per heavy atom. The molecule has 2 fully saturated rings. The van der Waals surface area contributed by atoms with Gasteiger partial charge in [0.25, 0.3) is 0 Å². The first-order chi connectivity index (χ1) is 12.1. The maximum Gasteiger partial charge on any atom is 0.303 e. The Morgan fingerprint density at radius 1 is 1.08 bits per heavy atom. The number of amides is 1. The molecule has 1 aliphatic carbocycles. The van der Waals surface area contributed by atoms with E-state index >= 15 is 0 Å². The number of hydrogen-bond acceptors (Lipinski definition) is 2. The third-order valence-corrected chi connectivity index (χ3v) is 5.81. The minimum absolute atomic E-state index is 0.124. The third-order valence-electron chi connectivity index (χ3n) is 5.81. The van der Waals surface area contributed by atoms with Gasteiger partial charge in [0.1, 0.15) is 0 Å². The van der Waals surface area contributed by atoms with Crippen LogP contribution >= 0.6 is 0 Å². The van der Waals surface area contributed by atoms with Gasteiger partial charge in [-0.2, -0.15) is 0 Å². The Balaban J connectivity index is 1.46. The van der Waals surface area contributed by atoms with E-state index < -0.39 is 5.97 Å². The van der Waals surface area contributed by atoms with Gasteiger partial charge < -0.3 is 10.0 Å². The molecule has 130 valence electrons. The van der Waals surface area contributed by atoms with Crippen LogP contribution in [0.5, 0.6) is 0 Å². The first-order valence-electron chi connectivity index (χ1n) is 9.04. The van der Waals surface area contributed by atoms with Gasteiger partial charge in [-0.15, -0.1) is 0 Å². The predicted molar refractivity (Wildman–Crippen MR) is 96.4 cm³/mol. The zero-order chi connectivity index (χ0) is 17.4. The van der Waals surface area contributed by atoms with Crippen LogP contribution in [0, 0.1) is 5.41 Å². The highest BCUT2D eigenvalue weighted by atomic mass is 16.4. The Kier molecular flexibility index (Phi) is 3.98. The molecule has 4 heteroatoms. The second-order valence-corrected chi connectivity index (χ2v) is 7.64. The third kappa shape index (κ3) is 3.26. The molecule has 4 nitrogen and oxygen atoms in total. The van der Waals surface area contributed by atoms with Gasteiger partial charge in [-0.05, 0) is 41.0 Å². The summed E-state index contributed by atoms with van der Waals surface area (Å²) in [4.78, 5) is 25.6. The fourth-order valence-corrected chi connectivity index (χ4v) is 4.19. The van der Waals surface area contributed by atoms with Crippen molar-refractivity contribution in [3.63, 3.8) is 0 Å². The molecule has 0 bridgehead atoms. The van der Waals surface area contributed by atoms with E-state index in [9.17, 15) is 9.59 Å². The molecule has 1 aliphatic heterocycles. The van der Waals surface area contributed by atoms with Gasteiger partial charge in [-0.1, -0.05) is 42.5 Å². The molecule has 2 aromatic carbocycles. The number of aliphatic carboxylic acids is 1. The van der Waals surface area contributed by atoms with Crippen LogP contribution in [0.1, 0.15) is 43.6 Å². The molecular weight excluding hydrogens is 314 g/mol. The van der Waals surface area contributed by atoms with Crippen LogP contribution in [0.25, 0.3) is 10.8 Å². The van der Waals surface area contributed by atoms with Crippen LogP contribution in [-0.2, 0) is 9.59 Å². The number of benzene rings is 2. The molecule has 25 heavy (non-hydrogen) atoms. The van der Waals surface area contributed by atoms with E-state index in [0.29, 0.717) is 12.3 Å². The van der Waals surface area contributed by atoms with Crippen molar-refractivity contribution in [2.24, 2.45) is 5.41 Å². The number of carboxylic acid groups (broad SMARTS) is 1. The average molecular weight is 337 g/mol. The highest BCUT2D eigenvalue weighted by Gasteiger charge is 2.47. The molecule has 0 radical (unpaired) electrons. The molecule has 2 aromatic rings. The minimum atomic E-state index is -0.791. The van der Waals surface area contributed by atoms with E-state index in [1.54, 1.807) is 0 Å². The summed E-state index contributed by atoms with van der Waals surface area (Å²) in [5.74, 6) is -0.300. The van der Waals surface area contributed by atoms with E-state index in [0.717, 1.165) is 32.4 Å². The molecule has 4 rings (SSSR count). The van der Waals surface area contributed by atoms with E-state index in [1.165, 1.54) is 16.3 Å². The monoisotopic (exact) mass is 337 g/mol. The van der Waals surface area contributed by atoms with Gasteiger partial charge in [0.15, 0.2) is 0 Å². The zero-order valence-electron chi connectivity index (χ0n) is 14.3. The van der Waals surface area contributed by atoms with Crippen LogP contribution in [0.3, 0.4) is 0 Å². The van der Waals surface area contributed by atoms with E-state index in [4.69, 9.17) is 5.11 Å². The van der Waals surface area contributed by atoms with E-state index in [2.05, 4.69) is 36.4 Å². The standard InChI is InChI=1S/C21H23NO3/c23-19(12-21(9-10-21)13-20(24)25)22-11-8-16(14-22)18-7-3-5-15-4-1-2-6-17(15)18/h1-7,16H,8-14H2,(H,24,25). The molecule has 0 spiro atoms. The number of carboxylic acids is 1. The molecule has 1 unspecified atom stereocenters. The van der Waals surface area contributed by atoms with Crippen molar-refractivity contribution >= 4 is 22.6 Å². The Bertz CT molecular complexity index is 820. The largest absolute Gasteiger partial charge is 0.481 e. The number of carbonyl (C=O) groups is 2. The second kappa shape index (κ2) is 6.17. The molecular formula is C21H23NO3. The molecule has 0 aromatic heterocycles. The molecule has 1 saturated heterocycles. The van der Waals surface area contributed by atoms with Crippen molar-refractivity contribution in [3.05, 3.63) is 48.0 Å². The number of hydrogen-bond donors (Lipinski definition) is 1. The highest BCUT2D eigenvalue weighted by molar-refractivity contribution is 5.86. The highest BCUT2D eigenvalue weighted by Crippen LogP contribution is 2.52. The van der Waals surface area contributed by atoms with Crippen LogP contribution in [0.4, 0.5) is 0 Å². The van der Waals surface area contributed by atoms with E-state index in [-0.39, 0.29) is 17.7 Å². The summed E-state index contributed by atoms with van der Waals surface area (Å²) < 4.78 is 0. The summed E-state index contributed by atoms with van der Waals surface area (Å²) in [5, 5.41) is 11.5. The second-order valence-electron chi connectivity index (χ2n) is 7.64. The lowest BCUT2D eigenvalue weighted by Gasteiger charge is -2.20. The van der Waals surface area contributed by atoms with Crippen molar-refractivity contribution in [2.45, 2.75) is 38.0 Å². The maximum absolute atomic E-state index is 12.7. The molecule has 1 heterocycles. The van der Waals surface area contributed by atoms with Gasteiger partial charge in [0.2, 0.25) is 5.91 Å². The first-order valence-corrected chi connectivity index (χ1v) is 9.04. The van der Waals surface area contributed by atoms with E-state index in [1.807, 2.05) is 11.0 Å². The summed E-state index contributed by atoms with van der Waals surface area (Å²) in [6, 6.07) is 14.8. The van der Waals surface area contributed by atoms with Crippen LogP contribution in [0.15, 0.2) is 42.5 Å². The lowest BCUT2D eigenvalue weighted by Crippen LogP contribution is -2.31. The lowest BCUT2D eigenvalue weighted by molar-refractivity contribution is -0.139. The molecule has 1 atom stereocenters. The predicted octanol–water partition coefficient (Wildman–Crippen LogP) is 3.80. The van der Waals surface area contributed by atoms with Crippen LogP contribution < -0.4 is 0 Å². The summed E-state index contributed by atoms with van der Waals surface area (Å²) in [6.45, 7) is 1.52. The number of nitrogens with zero attached hydrogens (tertiary/aromatic N) is 1. The smallest absolute Gasteiger partial charge is 0.303 e. The van der Waals surface area contributed by atoms with Crippen LogP contribution in [-0.4, -0.2) is 35.0 Å². The van der Waals surface area contributed by atoms with Gasteiger partial charge in [-0.3, -0.25) is 9.59 Å². The van der Waals surface area contributed by atoms with Gasteiger partial charge in [-0.25, -0.2) is 0 Å². The molecule has 1 amide bonds. The Morgan fingerprint density at radius 3 is 2.60 bits per heavy atom. The molecule has 1 N–H and O–H groups in total. The topological polar surface area (TPSA) is 57.6 Å². The summed E-state index contributed by atoms with van der Waals surface area (Å²) >= 11 is 0. The van der Waals surface area contributed by atoms with Gasteiger partial charge >= 0.3 is 5.97 Å². The lowest BCUT2D eigenvalue weighted by atomic mass is 9.93.